The van der Waals surface area contributed by atoms with Crippen LogP contribution in [0, 0.1) is 16.7 Å². The van der Waals surface area contributed by atoms with E-state index < -0.39 is 0 Å². The molecule has 0 radical (unpaired) electrons. The fourth-order valence-electron chi connectivity index (χ4n) is 1.90. The van der Waals surface area contributed by atoms with Crippen molar-refractivity contribution in [1.29, 1.82) is 5.26 Å². The van der Waals surface area contributed by atoms with E-state index in [2.05, 4.69) is 39.4 Å². The van der Waals surface area contributed by atoms with Gasteiger partial charge >= 0.3 is 0 Å². The van der Waals surface area contributed by atoms with Crippen LogP contribution in [-0.2, 0) is 6.42 Å². The molecular formula is C14H17BrN2O. The lowest BCUT2D eigenvalue weighted by Gasteiger charge is -2.09. The Morgan fingerprint density at radius 3 is 2.83 bits per heavy atom. The molecule has 0 bridgehead atoms. The highest BCUT2D eigenvalue weighted by Gasteiger charge is 2.42. The van der Waals surface area contributed by atoms with Crippen LogP contribution in [0.5, 0.6) is 5.75 Å². The summed E-state index contributed by atoms with van der Waals surface area (Å²) in [5.74, 6) is 0.855. The second-order valence-corrected chi connectivity index (χ2v) is 5.64. The standard InChI is InChI=1S/C14H17BrN2O/c1-18-13-3-2-11(8-12(13)15)4-7-17-10-14(9-16)5-6-14/h2-3,8,17H,4-7,10H2,1H3. The largest absolute Gasteiger partial charge is 0.496 e. The molecule has 0 saturated heterocycles. The number of nitrogens with one attached hydrogen (secondary N) is 1. The summed E-state index contributed by atoms with van der Waals surface area (Å²) >= 11 is 3.48. The van der Waals surface area contributed by atoms with Gasteiger partial charge in [0.1, 0.15) is 5.75 Å². The number of ether oxygens (including phenoxy) is 1. The van der Waals surface area contributed by atoms with Crippen molar-refractivity contribution in [2.45, 2.75) is 19.3 Å². The summed E-state index contributed by atoms with van der Waals surface area (Å²) in [7, 11) is 1.66. The highest BCUT2D eigenvalue weighted by atomic mass is 79.9. The first-order valence-electron chi connectivity index (χ1n) is 6.13. The van der Waals surface area contributed by atoms with E-state index in [1.54, 1.807) is 7.11 Å². The van der Waals surface area contributed by atoms with E-state index in [9.17, 15) is 0 Å². The van der Waals surface area contributed by atoms with Gasteiger partial charge in [-0.05, 0) is 59.4 Å². The summed E-state index contributed by atoms with van der Waals surface area (Å²) in [5.41, 5.74) is 1.21. The molecule has 0 aliphatic heterocycles. The van der Waals surface area contributed by atoms with Crippen molar-refractivity contribution in [1.82, 2.24) is 5.32 Å². The summed E-state index contributed by atoms with van der Waals surface area (Å²) in [6.45, 7) is 1.73. The highest BCUT2D eigenvalue weighted by Crippen LogP contribution is 2.43. The summed E-state index contributed by atoms with van der Waals surface area (Å²) in [6, 6.07) is 8.51. The van der Waals surface area contributed by atoms with E-state index >= 15 is 0 Å². The Labute approximate surface area is 116 Å². The SMILES string of the molecule is COc1ccc(CCNCC2(C#N)CC2)cc1Br. The second-order valence-electron chi connectivity index (χ2n) is 4.79. The molecule has 4 heteroatoms. The lowest BCUT2D eigenvalue weighted by Crippen LogP contribution is -2.25. The van der Waals surface area contributed by atoms with Gasteiger partial charge in [0, 0.05) is 6.54 Å². The smallest absolute Gasteiger partial charge is 0.133 e. The van der Waals surface area contributed by atoms with E-state index in [1.165, 1.54) is 5.56 Å². The first kappa shape index (κ1) is 13.4. The minimum atomic E-state index is -0.0551. The normalized spacial score (nSPS) is 16.1. The van der Waals surface area contributed by atoms with Crippen molar-refractivity contribution < 1.29 is 4.74 Å². The fourth-order valence-corrected chi connectivity index (χ4v) is 2.49. The van der Waals surface area contributed by atoms with E-state index in [0.717, 1.165) is 42.6 Å². The van der Waals surface area contributed by atoms with Crippen molar-refractivity contribution in [2.75, 3.05) is 20.2 Å². The van der Waals surface area contributed by atoms with Crippen LogP contribution < -0.4 is 10.1 Å². The Morgan fingerprint density at radius 2 is 2.28 bits per heavy atom. The van der Waals surface area contributed by atoms with Gasteiger partial charge in [0.25, 0.3) is 0 Å². The Balaban J connectivity index is 1.77. The molecule has 1 aromatic rings. The topological polar surface area (TPSA) is 45.0 Å². The third kappa shape index (κ3) is 3.24. The molecule has 0 heterocycles. The second kappa shape index (κ2) is 5.73. The maximum absolute atomic E-state index is 8.96. The molecule has 0 spiro atoms. The van der Waals surface area contributed by atoms with Crippen molar-refractivity contribution in [2.24, 2.45) is 5.41 Å². The highest BCUT2D eigenvalue weighted by molar-refractivity contribution is 9.10. The molecule has 1 N–H and O–H groups in total. The van der Waals surface area contributed by atoms with Gasteiger partial charge in [-0.1, -0.05) is 6.07 Å². The number of nitrogens with zero attached hydrogens (tertiary/aromatic N) is 1. The van der Waals surface area contributed by atoms with Gasteiger partial charge in [-0.2, -0.15) is 5.26 Å². The van der Waals surface area contributed by atoms with Crippen LogP contribution >= 0.6 is 15.9 Å². The monoisotopic (exact) mass is 308 g/mol. The van der Waals surface area contributed by atoms with Crippen molar-refractivity contribution in [3.8, 4) is 11.8 Å². The minimum absolute atomic E-state index is 0.0551. The maximum atomic E-state index is 8.96. The third-order valence-corrected chi connectivity index (χ3v) is 3.98. The number of halogens is 1. The van der Waals surface area contributed by atoms with E-state index in [4.69, 9.17) is 10.00 Å². The van der Waals surface area contributed by atoms with Gasteiger partial charge in [0.05, 0.1) is 23.1 Å². The number of rotatable bonds is 6. The molecule has 1 aliphatic rings. The fraction of sp³-hybridized carbons (Fsp3) is 0.500. The number of benzene rings is 1. The van der Waals surface area contributed by atoms with Crippen molar-refractivity contribution in [3.63, 3.8) is 0 Å². The first-order valence-corrected chi connectivity index (χ1v) is 6.93. The Morgan fingerprint density at radius 1 is 1.50 bits per heavy atom. The average molecular weight is 309 g/mol. The third-order valence-electron chi connectivity index (χ3n) is 3.36. The molecule has 1 fully saturated rings. The van der Waals surface area contributed by atoms with Gasteiger partial charge in [-0.25, -0.2) is 0 Å². The van der Waals surface area contributed by atoms with Crippen molar-refractivity contribution in [3.05, 3.63) is 28.2 Å². The van der Waals surface area contributed by atoms with Gasteiger partial charge in [0.15, 0.2) is 0 Å². The summed E-state index contributed by atoms with van der Waals surface area (Å²) < 4.78 is 6.18. The Kier molecular flexibility index (Phi) is 4.26. The molecule has 1 aliphatic carbocycles. The maximum Gasteiger partial charge on any atom is 0.133 e. The van der Waals surface area contributed by atoms with Gasteiger partial charge in [-0.3, -0.25) is 0 Å². The van der Waals surface area contributed by atoms with Gasteiger partial charge < -0.3 is 10.1 Å². The number of methoxy groups -OCH3 is 1. The van der Waals surface area contributed by atoms with Crippen molar-refractivity contribution >= 4 is 15.9 Å². The zero-order chi connectivity index (χ0) is 13.0. The Bertz CT molecular complexity index is 463. The molecule has 1 saturated carbocycles. The molecule has 3 nitrogen and oxygen atoms in total. The van der Waals surface area contributed by atoms with Crippen LogP contribution in [0.3, 0.4) is 0 Å². The molecular weight excluding hydrogens is 292 g/mol. The number of nitriles is 1. The summed E-state index contributed by atoms with van der Waals surface area (Å²) in [5, 5.41) is 12.3. The Hall–Kier alpha value is -1.05. The van der Waals surface area contributed by atoms with Crippen LogP contribution in [0.25, 0.3) is 0 Å². The summed E-state index contributed by atoms with van der Waals surface area (Å²) in [6.07, 6.45) is 3.05. The van der Waals surface area contributed by atoms with Gasteiger partial charge in [-0.15, -0.1) is 0 Å². The van der Waals surface area contributed by atoms with E-state index in [-0.39, 0.29) is 5.41 Å². The molecule has 2 rings (SSSR count). The molecule has 0 amide bonds. The van der Waals surface area contributed by atoms with E-state index in [0.29, 0.717) is 0 Å². The van der Waals surface area contributed by atoms with Gasteiger partial charge in [0.2, 0.25) is 0 Å². The average Bonchev–Trinajstić information content (AvgIpc) is 3.16. The number of hydrogen-bond acceptors (Lipinski definition) is 3. The predicted octanol–water partition coefficient (Wildman–Crippen LogP) is 2.89. The van der Waals surface area contributed by atoms with E-state index in [1.807, 2.05) is 6.07 Å². The lowest BCUT2D eigenvalue weighted by atomic mass is 10.1. The number of hydrogen-bond donors (Lipinski definition) is 1. The quantitative estimate of drug-likeness (QED) is 0.822. The molecule has 0 aromatic heterocycles. The predicted molar refractivity (Wildman–Crippen MR) is 74.5 cm³/mol. The molecule has 18 heavy (non-hydrogen) atoms. The molecule has 96 valence electrons. The van der Waals surface area contributed by atoms with Crippen LogP contribution in [0.2, 0.25) is 0 Å². The van der Waals surface area contributed by atoms with Crippen LogP contribution in [0.15, 0.2) is 22.7 Å². The van der Waals surface area contributed by atoms with Crippen LogP contribution in [-0.4, -0.2) is 20.2 Å². The zero-order valence-electron chi connectivity index (χ0n) is 10.5. The lowest BCUT2D eigenvalue weighted by molar-refractivity contribution is 0.412. The van der Waals surface area contributed by atoms with Crippen LogP contribution in [0.1, 0.15) is 18.4 Å². The molecule has 0 unspecified atom stereocenters. The molecule has 1 aromatic carbocycles. The van der Waals surface area contributed by atoms with Crippen LogP contribution in [0.4, 0.5) is 0 Å². The minimum Gasteiger partial charge on any atom is -0.496 e. The summed E-state index contributed by atoms with van der Waals surface area (Å²) in [4.78, 5) is 0. The first-order chi connectivity index (χ1) is 8.69. The molecule has 0 atom stereocenters. The zero-order valence-corrected chi connectivity index (χ0v) is 12.1.